The molecule has 1 aliphatic rings. The lowest BCUT2D eigenvalue weighted by atomic mass is 10.2. The molecule has 7 nitrogen and oxygen atoms in total. The number of cyclic esters (lactones) is 1. The second kappa shape index (κ2) is 5.65. The van der Waals surface area contributed by atoms with E-state index in [9.17, 15) is 14.7 Å². The number of hydrogen-bond donors (Lipinski definition) is 2. The molecule has 1 heterocycles. The summed E-state index contributed by atoms with van der Waals surface area (Å²) in [5, 5.41) is 18.4. The van der Waals surface area contributed by atoms with Gasteiger partial charge in [0.2, 0.25) is 0 Å². The molecule has 0 radical (unpaired) electrons. The molecule has 3 atom stereocenters. The fourth-order valence-corrected chi connectivity index (χ4v) is 1.61. The van der Waals surface area contributed by atoms with E-state index in [1.54, 1.807) is 0 Å². The lowest BCUT2D eigenvalue weighted by Gasteiger charge is -2.22. The van der Waals surface area contributed by atoms with E-state index in [-0.39, 0.29) is 13.0 Å². The fraction of sp³-hybridized carbons (Fsp3) is 0.600. The first-order chi connectivity index (χ1) is 7.97. The maximum atomic E-state index is 11.4. The van der Waals surface area contributed by atoms with Crippen molar-refractivity contribution in [1.29, 1.82) is 0 Å². The van der Waals surface area contributed by atoms with Crippen LogP contribution >= 0.6 is 0 Å². The Balaban J connectivity index is 2.63. The summed E-state index contributed by atoms with van der Waals surface area (Å²) < 4.78 is 9.65. The molecule has 0 aromatic carbocycles. The van der Waals surface area contributed by atoms with Gasteiger partial charge in [0.05, 0.1) is 6.61 Å². The lowest BCUT2D eigenvalue weighted by Crippen LogP contribution is -2.42. The van der Waals surface area contributed by atoms with Gasteiger partial charge >= 0.3 is 12.1 Å². The third-order valence-electron chi connectivity index (χ3n) is 2.34. The zero-order chi connectivity index (χ0) is 13.0. The molecule has 2 N–H and O–H groups in total. The highest BCUT2D eigenvalue weighted by Crippen LogP contribution is 2.22. The number of rotatable bonds is 5. The molecule has 0 aromatic heterocycles. The zero-order valence-corrected chi connectivity index (χ0v) is 9.41. The van der Waals surface area contributed by atoms with Gasteiger partial charge in [0.15, 0.2) is 12.5 Å². The van der Waals surface area contributed by atoms with Crippen LogP contribution in [0.4, 0.5) is 4.79 Å². The molecular weight excluding hydrogens is 230 g/mol. The Bertz CT molecular complexity index is 318. The summed E-state index contributed by atoms with van der Waals surface area (Å²) >= 11 is 0. The van der Waals surface area contributed by atoms with E-state index in [2.05, 4.69) is 6.58 Å². The highest BCUT2D eigenvalue weighted by molar-refractivity contribution is 5.83. The summed E-state index contributed by atoms with van der Waals surface area (Å²) in [4.78, 5) is 23.2. The second-order valence-corrected chi connectivity index (χ2v) is 3.55. The van der Waals surface area contributed by atoms with Crippen molar-refractivity contribution < 1.29 is 29.3 Å². The Morgan fingerprint density at radius 3 is 2.94 bits per heavy atom. The average Bonchev–Trinajstić information content (AvgIpc) is 2.51. The first-order valence-electron chi connectivity index (χ1n) is 5.09. The number of esters is 1. The van der Waals surface area contributed by atoms with E-state index in [1.807, 2.05) is 0 Å². The minimum Gasteiger partial charge on any atom is -0.465 e. The molecule has 1 rings (SSSR count). The Kier molecular flexibility index (Phi) is 4.47. The smallest absolute Gasteiger partial charge is 0.410 e. The molecule has 17 heavy (non-hydrogen) atoms. The molecule has 2 unspecified atom stereocenters. The van der Waals surface area contributed by atoms with E-state index >= 15 is 0 Å². The SMILES string of the molecule is C=CCOC(O)C[C@H]1C(=O)OC(C)N1C(=O)O. The first kappa shape index (κ1) is 13.5. The number of ether oxygens (including phenoxy) is 2. The van der Waals surface area contributed by atoms with Crippen LogP contribution in [0.2, 0.25) is 0 Å². The van der Waals surface area contributed by atoms with Gasteiger partial charge in [0.25, 0.3) is 0 Å². The standard InChI is InChI=1S/C10H15NO6/c1-3-4-16-8(12)5-7-9(13)17-6(2)11(7)10(14)15/h3,6-8,12H,1,4-5H2,2H3,(H,14,15)/t6?,7-,8?/m0/s1. The Labute approximate surface area is 98.2 Å². The molecule has 1 amide bonds. The summed E-state index contributed by atoms with van der Waals surface area (Å²) in [7, 11) is 0. The fourth-order valence-electron chi connectivity index (χ4n) is 1.61. The molecule has 0 spiro atoms. The third-order valence-corrected chi connectivity index (χ3v) is 2.34. The summed E-state index contributed by atoms with van der Waals surface area (Å²) in [6, 6.07) is -1.04. The van der Waals surface area contributed by atoms with Crippen LogP contribution in [0.25, 0.3) is 0 Å². The maximum absolute atomic E-state index is 11.4. The van der Waals surface area contributed by atoms with Gasteiger partial charge in [-0.1, -0.05) is 6.08 Å². The van der Waals surface area contributed by atoms with Gasteiger partial charge in [-0.2, -0.15) is 0 Å². The van der Waals surface area contributed by atoms with E-state index in [0.29, 0.717) is 0 Å². The van der Waals surface area contributed by atoms with Crippen molar-refractivity contribution in [2.75, 3.05) is 6.61 Å². The van der Waals surface area contributed by atoms with Crippen LogP contribution in [0.15, 0.2) is 12.7 Å². The maximum Gasteiger partial charge on any atom is 0.410 e. The van der Waals surface area contributed by atoms with Crippen LogP contribution in [0.5, 0.6) is 0 Å². The van der Waals surface area contributed by atoms with Crippen molar-refractivity contribution in [2.45, 2.75) is 31.9 Å². The molecule has 96 valence electrons. The number of carboxylic acid groups (broad SMARTS) is 1. The molecule has 0 saturated carbocycles. The van der Waals surface area contributed by atoms with Crippen molar-refractivity contribution in [3.63, 3.8) is 0 Å². The summed E-state index contributed by atoms with van der Waals surface area (Å²) in [5.74, 6) is -0.679. The van der Waals surface area contributed by atoms with E-state index in [4.69, 9.17) is 14.6 Å². The van der Waals surface area contributed by atoms with Gasteiger partial charge in [0.1, 0.15) is 6.04 Å². The second-order valence-electron chi connectivity index (χ2n) is 3.55. The summed E-state index contributed by atoms with van der Waals surface area (Å²) in [5.41, 5.74) is 0. The molecular formula is C10H15NO6. The van der Waals surface area contributed by atoms with Gasteiger partial charge in [-0.05, 0) is 6.92 Å². The quantitative estimate of drug-likeness (QED) is 0.406. The Morgan fingerprint density at radius 1 is 1.76 bits per heavy atom. The predicted molar refractivity (Wildman–Crippen MR) is 56.0 cm³/mol. The van der Waals surface area contributed by atoms with Crippen molar-refractivity contribution >= 4 is 12.1 Å². The molecule has 0 aromatic rings. The van der Waals surface area contributed by atoms with Crippen LogP contribution in [-0.4, -0.2) is 52.3 Å². The number of carbonyl (C=O) groups is 2. The van der Waals surface area contributed by atoms with Crippen molar-refractivity contribution in [1.82, 2.24) is 4.90 Å². The monoisotopic (exact) mass is 245 g/mol. The van der Waals surface area contributed by atoms with Crippen LogP contribution in [0.1, 0.15) is 13.3 Å². The van der Waals surface area contributed by atoms with E-state index < -0.39 is 30.6 Å². The number of amides is 1. The molecule has 0 aliphatic carbocycles. The van der Waals surface area contributed by atoms with Crippen LogP contribution < -0.4 is 0 Å². The number of aliphatic hydroxyl groups is 1. The summed E-state index contributed by atoms with van der Waals surface area (Å²) in [6.07, 6.45) is -2.09. The third kappa shape index (κ3) is 3.18. The number of carbonyl (C=O) groups excluding carboxylic acids is 1. The molecule has 0 bridgehead atoms. The molecule has 1 saturated heterocycles. The Morgan fingerprint density at radius 2 is 2.41 bits per heavy atom. The Hall–Kier alpha value is -1.60. The van der Waals surface area contributed by atoms with Gasteiger partial charge < -0.3 is 19.7 Å². The zero-order valence-electron chi connectivity index (χ0n) is 9.41. The highest BCUT2D eigenvalue weighted by Gasteiger charge is 2.44. The minimum absolute atomic E-state index is 0.117. The summed E-state index contributed by atoms with van der Waals surface area (Å²) in [6.45, 7) is 4.97. The topological polar surface area (TPSA) is 96.3 Å². The molecule has 1 fully saturated rings. The molecule has 7 heteroatoms. The van der Waals surface area contributed by atoms with Gasteiger partial charge in [0, 0.05) is 6.42 Å². The van der Waals surface area contributed by atoms with Crippen molar-refractivity contribution in [3.05, 3.63) is 12.7 Å². The van der Waals surface area contributed by atoms with Gasteiger partial charge in [-0.3, -0.25) is 4.90 Å². The van der Waals surface area contributed by atoms with Crippen LogP contribution in [0, 0.1) is 0 Å². The number of aliphatic hydroxyl groups excluding tert-OH is 1. The average molecular weight is 245 g/mol. The normalized spacial score (nSPS) is 25.5. The molecule has 1 aliphatic heterocycles. The number of hydrogen-bond acceptors (Lipinski definition) is 5. The minimum atomic E-state index is -1.27. The van der Waals surface area contributed by atoms with Crippen molar-refractivity contribution in [2.24, 2.45) is 0 Å². The first-order valence-corrected chi connectivity index (χ1v) is 5.09. The lowest BCUT2D eigenvalue weighted by molar-refractivity contribution is -0.145. The van der Waals surface area contributed by atoms with Crippen LogP contribution in [0.3, 0.4) is 0 Å². The van der Waals surface area contributed by atoms with E-state index in [0.717, 1.165) is 4.90 Å². The van der Waals surface area contributed by atoms with Crippen molar-refractivity contribution in [3.8, 4) is 0 Å². The number of nitrogens with zero attached hydrogens (tertiary/aromatic N) is 1. The van der Waals surface area contributed by atoms with Crippen LogP contribution in [-0.2, 0) is 14.3 Å². The largest absolute Gasteiger partial charge is 0.465 e. The predicted octanol–water partition coefficient (Wildman–Crippen LogP) is 0.149. The van der Waals surface area contributed by atoms with Gasteiger partial charge in [-0.25, -0.2) is 9.59 Å². The highest BCUT2D eigenvalue weighted by atomic mass is 16.6. The van der Waals surface area contributed by atoms with E-state index in [1.165, 1.54) is 13.0 Å². The van der Waals surface area contributed by atoms with Gasteiger partial charge in [-0.15, -0.1) is 6.58 Å².